The van der Waals surface area contributed by atoms with Gasteiger partial charge in [0.25, 0.3) is 0 Å². The van der Waals surface area contributed by atoms with Gasteiger partial charge in [-0.1, -0.05) is 6.07 Å². The molecule has 0 unspecified atom stereocenters. The second kappa shape index (κ2) is 4.27. The van der Waals surface area contributed by atoms with Crippen molar-refractivity contribution in [3.8, 4) is 5.82 Å². The van der Waals surface area contributed by atoms with Gasteiger partial charge in [0.05, 0.1) is 24.7 Å². The van der Waals surface area contributed by atoms with E-state index in [1.54, 1.807) is 18.2 Å². The molecular weight excluding hydrogens is 242 g/mol. The van der Waals surface area contributed by atoms with Gasteiger partial charge in [-0.15, -0.1) is 0 Å². The predicted octanol–water partition coefficient (Wildman–Crippen LogP) is 0.163. The van der Waals surface area contributed by atoms with E-state index in [4.69, 9.17) is 5.11 Å². The molecule has 0 saturated heterocycles. The zero-order valence-corrected chi connectivity index (χ0v) is 9.92. The number of aliphatic hydroxyl groups is 1. The summed E-state index contributed by atoms with van der Waals surface area (Å²) in [5.74, 6) is 0.464. The van der Waals surface area contributed by atoms with Crippen molar-refractivity contribution in [3.63, 3.8) is 0 Å². The summed E-state index contributed by atoms with van der Waals surface area (Å²) in [7, 11) is -3.27. The molecule has 0 aliphatic heterocycles. The molecule has 0 aliphatic rings. The van der Waals surface area contributed by atoms with E-state index < -0.39 is 9.84 Å². The molecule has 7 heteroatoms. The lowest BCUT2D eigenvalue weighted by atomic mass is 10.3. The second-order valence-electron chi connectivity index (χ2n) is 3.54. The van der Waals surface area contributed by atoms with Crippen LogP contribution in [-0.4, -0.2) is 34.5 Å². The van der Waals surface area contributed by atoms with E-state index in [9.17, 15) is 8.42 Å². The van der Waals surface area contributed by atoms with Gasteiger partial charge >= 0.3 is 0 Å². The number of aliphatic hydroxyl groups excluding tert-OH is 1. The third kappa shape index (κ3) is 2.51. The van der Waals surface area contributed by atoms with Gasteiger partial charge in [-0.3, -0.25) is 0 Å². The van der Waals surface area contributed by atoms with Crippen LogP contribution in [0.2, 0.25) is 0 Å². The Morgan fingerprint density at radius 2 is 2.18 bits per heavy atom. The number of pyridine rings is 1. The molecule has 2 aromatic rings. The first-order chi connectivity index (χ1) is 8.00. The molecule has 2 rings (SSSR count). The molecule has 0 atom stereocenters. The lowest BCUT2D eigenvalue weighted by Gasteiger charge is -2.01. The maximum Gasteiger partial charge on any atom is 0.178 e. The van der Waals surface area contributed by atoms with Crippen molar-refractivity contribution in [3.05, 3.63) is 36.3 Å². The Kier molecular flexibility index (Phi) is 2.95. The Labute approximate surface area is 98.5 Å². The number of sulfone groups is 1. The smallest absolute Gasteiger partial charge is 0.178 e. The Morgan fingerprint density at radius 3 is 2.76 bits per heavy atom. The van der Waals surface area contributed by atoms with Crippen LogP contribution in [0.3, 0.4) is 0 Å². The highest BCUT2D eigenvalue weighted by atomic mass is 32.2. The molecule has 0 aliphatic carbocycles. The van der Waals surface area contributed by atoms with E-state index >= 15 is 0 Å². The SMILES string of the molecule is CS(=O)(=O)c1cnn(-c2cccc(CO)n2)c1. The van der Waals surface area contributed by atoms with E-state index in [0.717, 1.165) is 6.26 Å². The Hall–Kier alpha value is -1.73. The van der Waals surface area contributed by atoms with Crippen molar-refractivity contribution in [2.75, 3.05) is 6.26 Å². The van der Waals surface area contributed by atoms with Crippen molar-refractivity contribution in [2.24, 2.45) is 0 Å². The topological polar surface area (TPSA) is 85.1 Å². The van der Waals surface area contributed by atoms with Crippen LogP contribution in [0, 0.1) is 0 Å². The monoisotopic (exact) mass is 253 g/mol. The zero-order chi connectivity index (χ0) is 12.5. The highest BCUT2D eigenvalue weighted by molar-refractivity contribution is 7.90. The van der Waals surface area contributed by atoms with E-state index in [1.165, 1.54) is 17.1 Å². The average Bonchev–Trinajstić information content (AvgIpc) is 2.78. The number of nitrogens with zero attached hydrogens (tertiary/aromatic N) is 3. The number of hydrogen-bond acceptors (Lipinski definition) is 5. The molecule has 0 spiro atoms. The highest BCUT2D eigenvalue weighted by Gasteiger charge is 2.11. The maximum atomic E-state index is 11.3. The fourth-order valence-electron chi connectivity index (χ4n) is 1.31. The molecule has 0 amide bonds. The molecule has 90 valence electrons. The van der Waals surface area contributed by atoms with Crippen LogP contribution in [0.4, 0.5) is 0 Å². The molecule has 6 nitrogen and oxygen atoms in total. The van der Waals surface area contributed by atoms with Gasteiger partial charge in [0, 0.05) is 6.26 Å². The van der Waals surface area contributed by atoms with Gasteiger partial charge in [-0.05, 0) is 12.1 Å². The first-order valence-electron chi connectivity index (χ1n) is 4.82. The Morgan fingerprint density at radius 1 is 1.41 bits per heavy atom. The van der Waals surface area contributed by atoms with Gasteiger partial charge in [-0.25, -0.2) is 18.1 Å². The zero-order valence-electron chi connectivity index (χ0n) is 9.11. The van der Waals surface area contributed by atoms with E-state index in [1.807, 2.05) is 0 Å². The summed E-state index contributed by atoms with van der Waals surface area (Å²) < 4.78 is 23.9. The van der Waals surface area contributed by atoms with Crippen molar-refractivity contribution < 1.29 is 13.5 Å². The minimum atomic E-state index is -3.27. The normalized spacial score (nSPS) is 11.6. The third-order valence-electron chi connectivity index (χ3n) is 2.18. The van der Waals surface area contributed by atoms with Crippen molar-refractivity contribution in [1.29, 1.82) is 0 Å². The average molecular weight is 253 g/mol. The number of rotatable bonds is 3. The van der Waals surface area contributed by atoms with Crippen LogP contribution in [0.1, 0.15) is 5.69 Å². The summed E-state index contributed by atoms with van der Waals surface area (Å²) in [5, 5.41) is 12.9. The predicted molar refractivity (Wildman–Crippen MR) is 60.4 cm³/mol. The van der Waals surface area contributed by atoms with Crippen LogP contribution in [-0.2, 0) is 16.4 Å². The van der Waals surface area contributed by atoms with Crippen LogP contribution < -0.4 is 0 Å². The summed E-state index contributed by atoms with van der Waals surface area (Å²) in [6.07, 6.45) is 3.77. The number of aromatic nitrogens is 3. The Balaban J connectivity index is 2.43. The van der Waals surface area contributed by atoms with E-state index in [2.05, 4.69) is 10.1 Å². The van der Waals surface area contributed by atoms with Gasteiger partial charge in [0.15, 0.2) is 15.7 Å². The standard InChI is InChI=1S/C10H11N3O3S/c1-17(15,16)9-5-11-13(6-9)10-4-2-3-8(7-14)12-10/h2-6,14H,7H2,1H3. The van der Waals surface area contributed by atoms with Gasteiger partial charge < -0.3 is 5.11 Å². The first-order valence-corrected chi connectivity index (χ1v) is 6.72. The van der Waals surface area contributed by atoms with Gasteiger partial charge in [-0.2, -0.15) is 5.10 Å². The molecule has 0 saturated carbocycles. The fraction of sp³-hybridized carbons (Fsp3) is 0.200. The summed E-state index contributed by atoms with van der Waals surface area (Å²) in [4.78, 5) is 4.25. The summed E-state index contributed by atoms with van der Waals surface area (Å²) >= 11 is 0. The summed E-state index contributed by atoms with van der Waals surface area (Å²) in [5.41, 5.74) is 0.499. The van der Waals surface area contributed by atoms with E-state index in [0.29, 0.717) is 11.5 Å². The van der Waals surface area contributed by atoms with Crippen LogP contribution in [0.25, 0.3) is 5.82 Å². The Bertz CT molecular complexity index is 634. The maximum absolute atomic E-state index is 11.3. The molecule has 0 bridgehead atoms. The minimum Gasteiger partial charge on any atom is -0.390 e. The first kappa shape index (κ1) is 11.7. The van der Waals surface area contributed by atoms with Crippen LogP contribution in [0.5, 0.6) is 0 Å². The molecule has 2 heterocycles. The molecule has 17 heavy (non-hydrogen) atoms. The lowest BCUT2D eigenvalue weighted by Crippen LogP contribution is -2.00. The molecule has 1 N–H and O–H groups in total. The fourth-order valence-corrected chi connectivity index (χ4v) is 1.84. The summed E-state index contributed by atoms with van der Waals surface area (Å²) in [6, 6.07) is 5.07. The molecule has 2 aromatic heterocycles. The van der Waals surface area contributed by atoms with Crippen LogP contribution in [0.15, 0.2) is 35.5 Å². The van der Waals surface area contributed by atoms with Gasteiger partial charge in [0.2, 0.25) is 0 Å². The minimum absolute atomic E-state index is 0.133. The molecule has 0 aromatic carbocycles. The molecule has 0 fully saturated rings. The van der Waals surface area contributed by atoms with Gasteiger partial charge in [0.1, 0.15) is 4.90 Å². The second-order valence-corrected chi connectivity index (χ2v) is 5.55. The summed E-state index contributed by atoms with van der Waals surface area (Å²) in [6.45, 7) is -0.173. The van der Waals surface area contributed by atoms with Crippen LogP contribution >= 0.6 is 0 Å². The van der Waals surface area contributed by atoms with Crippen molar-refractivity contribution in [1.82, 2.24) is 14.8 Å². The quantitative estimate of drug-likeness (QED) is 0.842. The molecular formula is C10H11N3O3S. The molecule has 0 radical (unpaired) electrons. The van der Waals surface area contributed by atoms with E-state index in [-0.39, 0.29) is 11.5 Å². The van der Waals surface area contributed by atoms with Crippen molar-refractivity contribution >= 4 is 9.84 Å². The van der Waals surface area contributed by atoms with Crippen molar-refractivity contribution in [2.45, 2.75) is 11.5 Å². The largest absolute Gasteiger partial charge is 0.390 e. The highest BCUT2D eigenvalue weighted by Crippen LogP contribution is 2.10. The third-order valence-corrected chi connectivity index (χ3v) is 3.24. The lowest BCUT2D eigenvalue weighted by molar-refractivity contribution is 0.276. The number of hydrogen-bond donors (Lipinski definition) is 1.